The fraction of sp³-hybridized carbons (Fsp3) is 0.118. The number of hydrogen-bond donors (Lipinski definition) is 3. The van der Waals surface area contributed by atoms with E-state index in [1.807, 2.05) is 0 Å². The molecule has 118 valence electrons. The molecule has 3 rings (SSSR count). The molecule has 23 heavy (non-hydrogen) atoms. The van der Waals surface area contributed by atoms with Crippen molar-refractivity contribution >= 4 is 0 Å². The summed E-state index contributed by atoms with van der Waals surface area (Å²) in [5.74, 6) is 1.24. The lowest BCUT2D eigenvalue weighted by Crippen LogP contribution is -1.88. The molecule has 2 aromatic carbocycles. The molecule has 0 radical (unpaired) electrons. The van der Waals surface area contributed by atoms with Gasteiger partial charge >= 0.3 is 0 Å². The maximum Gasteiger partial charge on any atom is 0.128 e. The zero-order valence-corrected chi connectivity index (χ0v) is 12.7. The molecular weight excluding hydrogens is 296 g/mol. The molecule has 1 heterocycles. The van der Waals surface area contributed by atoms with E-state index >= 15 is 0 Å². The zero-order valence-electron chi connectivity index (χ0n) is 12.7. The van der Waals surface area contributed by atoms with E-state index in [1.54, 1.807) is 30.5 Å². The lowest BCUT2D eigenvalue weighted by atomic mass is 10.00. The Labute approximate surface area is 132 Å². The van der Waals surface area contributed by atoms with E-state index in [9.17, 15) is 10.2 Å². The van der Waals surface area contributed by atoms with Crippen molar-refractivity contribution < 1.29 is 19.7 Å². The SMILES string of the molecule is COc1ccc(-c2cn[nH]c2-c2ccc(OC)cc2O)c(O)c1. The predicted molar refractivity (Wildman–Crippen MR) is 85.9 cm³/mol. The molecule has 0 aliphatic rings. The van der Waals surface area contributed by atoms with E-state index in [0.29, 0.717) is 33.9 Å². The summed E-state index contributed by atoms with van der Waals surface area (Å²) in [5, 5.41) is 27.3. The third-order valence-corrected chi connectivity index (χ3v) is 3.61. The number of ether oxygens (including phenoxy) is 2. The molecule has 0 saturated carbocycles. The largest absolute Gasteiger partial charge is 0.507 e. The van der Waals surface area contributed by atoms with Crippen molar-refractivity contribution in [3.63, 3.8) is 0 Å². The average molecular weight is 312 g/mol. The van der Waals surface area contributed by atoms with Gasteiger partial charge in [0.25, 0.3) is 0 Å². The summed E-state index contributed by atoms with van der Waals surface area (Å²) in [4.78, 5) is 0. The highest BCUT2D eigenvalue weighted by Crippen LogP contribution is 2.40. The van der Waals surface area contributed by atoms with Crippen LogP contribution in [0.3, 0.4) is 0 Å². The van der Waals surface area contributed by atoms with Crippen molar-refractivity contribution in [3.05, 3.63) is 42.6 Å². The third-order valence-electron chi connectivity index (χ3n) is 3.61. The second kappa shape index (κ2) is 5.92. The Balaban J connectivity index is 2.10. The van der Waals surface area contributed by atoms with Crippen LogP contribution in [0.5, 0.6) is 23.0 Å². The minimum Gasteiger partial charge on any atom is -0.507 e. The van der Waals surface area contributed by atoms with Gasteiger partial charge in [-0.05, 0) is 24.3 Å². The van der Waals surface area contributed by atoms with Gasteiger partial charge in [-0.15, -0.1) is 0 Å². The van der Waals surface area contributed by atoms with Crippen LogP contribution in [-0.4, -0.2) is 34.6 Å². The highest BCUT2D eigenvalue weighted by molar-refractivity contribution is 5.85. The third kappa shape index (κ3) is 2.66. The summed E-state index contributed by atoms with van der Waals surface area (Å²) >= 11 is 0. The summed E-state index contributed by atoms with van der Waals surface area (Å²) in [5.41, 5.74) is 2.43. The van der Waals surface area contributed by atoms with E-state index in [0.717, 1.165) is 0 Å². The Morgan fingerprint density at radius 2 is 1.39 bits per heavy atom. The smallest absolute Gasteiger partial charge is 0.128 e. The molecular formula is C17H16N2O4. The number of nitrogens with one attached hydrogen (secondary N) is 1. The maximum atomic E-state index is 10.2. The van der Waals surface area contributed by atoms with Gasteiger partial charge in [-0.3, -0.25) is 5.10 Å². The molecule has 3 aromatic rings. The number of aromatic hydroxyl groups is 2. The van der Waals surface area contributed by atoms with Crippen LogP contribution in [0.25, 0.3) is 22.4 Å². The first-order chi connectivity index (χ1) is 11.1. The topological polar surface area (TPSA) is 87.6 Å². The summed E-state index contributed by atoms with van der Waals surface area (Å²) in [6, 6.07) is 10.0. The number of hydrogen-bond acceptors (Lipinski definition) is 5. The first-order valence-electron chi connectivity index (χ1n) is 6.92. The van der Waals surface area contributed by atoms with Gasteiger partial charge in [0.15, 0.2) is 0 Å². The number of rotatable bonds is 4. The Bertz CT molecular complexity index is 774. The first-order valence-corrected chi connectivity index (χ1v) is 6.92. The molecule has 0 aliphatic heterocycles. The van der Waals surface area contributed by atoms with Gasteiger partial charge in [-0.1, -0.05) is 0 Å². The number of phenolic OH excluding ortho intramolecular Hbond substituents is 2. The minimum absolute atomic E-state index is 0.0582. The van der Waals surface area contributed by atoms with Crippen LogP contribution in [0.2, 0.25) is 0 Å². The highest BCUT2D eigenvalue weighted by Gasteiger charge is 2.16. The molecule has 0 atom stereocenters. The van der Waals surface area contributed by atoms with Gasteiger partial charge < -0.3 is 19.7 Å². The van der Waals surface area contributed by atoms with Gasteiger partial charge in [0.05, 0.1) is 26.1 Å². The van der Waals surface area contributed by atoms with Gasteiger partial charge in [-0.2, -0.15) is 5.10 Å². The predicted octanol–water partition coefficient (Wildman–Crippen LogP) is 3.17. The van der Waals surface area contributed by atoms with E-state index in [4.69, 9.17) is 9.47 Å². The lowest BCUT2D eigenvalue weighted by Gasteiger charge is -2.09. The van der Waals surface area contributed by atoms with Gasteiger partial charge in [-0.25, -0.2) is 0 Å². The number of phenols is 2. The minimum atomic E-state index is 0.0582. The Hall–Kier alpha value is -3.15. The molecule has 0 fully saturated rings. The number of methoxy groups -OCH3 is 2. The van der Waals surface area contributed by atoms with Crippen LogP contribution >= 0.6 is 0 Å². The number of benzene rings is 2. The summed E-state index contributed by atoms with van der Waals surface area (Å²) < 4.78 is 10.2. The Morgan fingerprint density at radius 3 is 1.91 bits per heavy atom. The number of H-pyrrole nitrogens is 1. The van der Waals surface area contributed by atoms with Crippen molar-refractivity contribution in [1.29, 1.82) is 0 Å². The summed E-state index contributed by atoms with van der Waals surface area (Å²) in [7, 11) is 3.07. The second-order valence-corrected chi connectivity index (χ2v) is 4.92. The van der Waals surface area contributed by atoms with Crippen molar-refractivity contribution in [3.8, 4) is 45.4 Å². The second-order valence-electron chi connectivity index (χ2n) is 4.92. The van der Waals surface area contributed by atoms with Crippen LogP contribution in [0.4, 0.5) is 0 Å². The maximum absolute atomic E-state index is 10.2. The van der Waals surface area contributed by atoms with E-state index in [2.05, 4.69) is 10.2 Å². The van der Waals surface area contributed by atoms with Crippen LogP contribution in [0.15, 0.2) is 42.6 Å². The Kier molecular flexibility index (Phi) is 3.80. The fourth-order valence-electron chi connectivity index (χ4n) is 2.41. The fourth-order valence-corrected chi connectivity index (χ4v) is 2.41. The molecule has 0 amide bonds. The van der Waals surface area contributed by atoms with Crippen molar-refractivity contribution in [2.75, 3.05) is 14.2 Å². The number of nitrogens with zero attached hydrogens (tertiary/aromatic N) is 1. The number of aromatic amines is 1. The molecule has 1 aromatic heterocycles. The first kappa shape index (κ1) is 14.8. The van der Waals surface area contributed by atoms with Crippen LogP contribution < -0.4 is 9.47 Å². The highest BCUT2D eigenvalue weighted by atomic mass is 16.5. The van der Waals surface area contributed by atoms with Crippen LogP contribution in [0, 0.1) is 0 Å². The van der Waals surface area contributed by atoms with E-state index in [1.165, 1.54) is 26.4 Å². The zero-order chi connectivity index (χ0) is 16.4. The summed E-state index contributed by atoms with van der Waals surface area (Å²) in [6.45, 7) is 0. The standard InChI is InChI=1S/C17H16N2O4/c1-22-10-3-5-12(15(20)7-10)14-9-18-19-17(14)13-6-4-11(23-2)8-16(13)21/h3-9,20-21H,1-2H3,(H,18,19). The van der Waals surface area contributed by atoms with Crippen molar-refractivity contribution in [2.24, 2.45) is 0 Å². The van der Waals surface area contributed by atoms with Gasteiger partial charge in [0.1, 0.15) is 23.0 Å². The monoisotopic (exact) mass is 312 g/mol. The van der Waals surface area contributed by atoms with E-state index < -0.39 is 0 Å². The Morgan fingerprint density at radius 1 is 0.826 bits per heavy atom. The molecule has 0 saturated heterocycles. The average Bonchev–Trinajstić information content (AvgIpc) is 3.03. The molecule has 0 unspecified atom stereocenters. The molecule has 0 aliphatic carbocycles. The van der Waals surface area contributed by atoms with Crippen molar-refractivity contribution in [2.45, 2.75) is 0 Å². The lowest BCUT2D eigenvalue weighted by molar-refractivity contribution is 0.407. The number of aromatic nitrogens is 2. The van der Waals surface area contributed by atoms with Gasteiger partial charge in [0, 0.05) is 28.8 Å². The van der Waals surface area contributed by atoms with E-state index in [-0.39, 0.29) is 11.5 Å². The molecule has 6 heteroatoms. The normalized spacial score (nSPS) is 10.5. The summed E-state index contributed by atoms with van der Waals surface area (Å²) in [6.07, 6.45) is 1.60. The molecule has 6 nitrogen and oxygen atoms in total. The quantitative estimate of drug-likeness (QED) is 0.688. The van der Waals surface area contributed by atoms with Crippen LogP contribution in [-0.2, 0) is 0 Å². The van der Waals surface area contributed by atoms with Crippen molar-refractivity contribution in [1.82, 2.24) is 10.2 Å². The van der Waals surface area contributed by atoms with Crippen LogP contribution in [0.1, 0.15) is 0 Å². The molecule has 3 N–H and O–H groups in total. The molecule has 0 bridgehead atoms. The molecule has 0 spiro atoms. The van der Waals surface area contributed by atoms with Gasteiger partial charge in [0.2, 0.25) is 0 Å².